The molecule has 30 heavy (non-hydrogen) atoms. The van der Waals surface area contributed by atoms with Gasteiger partial charge in [-0.05, 0) is 64.8 Å². The number of likely N-dealkylation sites (N-methyl/N-ethyl adjacent to an activating group) is 1. The Hall–Kier alpha value is -2.34. The molecule has 1 aromatic heterocycles. The zero-order valence-corrected chi connectivity index (χ0v) is 19.0. The zero-order valence-electron chi connectivity index (χ0n) is 19.0. The number of imide groups is 1. The number of carbonyl (C=O) groups is 2. The number of carbonyl (C=O) groups excluding carboxylic acids is 2. The molecule has 6 nitrogen and oxygen atoms in total. The number of aromatic nitrogens is 1. The smallest absolute Gasteiger partial charge is 0.324 e. The van der Waals surface area contributed by atoms with Gasteiger partial charge in [-0.2, -0.15) is 0 Å². The van der Waals surface area contributed by atoms with E-state index in [9.17, 15) is 9.59 Å². The van der Waals surface area contributed by atoms with Crippen LogP contribution in [0.15, 0.2) is 24.4 Å². The number of likely N-dealkylation sites (tertiary alicyclic amines) is 1. The highest BCUT2D eigenvalue weighted by molar-refractivity contribution is 5.96. The molecule has 1 aromatic carbocycles. The summed E-state index contributed by atoms with van der Waals surface area (Å²) < 4.78 is 2.21. The van der Waals surface area contributed by atoms with Gasteiger partial charge in [0.05, 0.1) is 5.92 Å². The van der Waals surface area contributed by atoms with Crippen LogP contribution in [0.25, 0.3) is 10.9 Å². The van der Waals surface area contributed by atoms with E-state index in [1.807, 2.05) is 27.7 Å². The summed E-state index contributed by atoms with van der Waals surface area (Å²) >= 11 is 0. The van der Waals surface area contributed by atoms with Gasteiger partial charge in [0.15, 0.2) is 0 Å². The Balaban J connectivity index is 1.65. The fraction of sp³-hybridized carbons (Fsp3) is 0.583. The fourth-order valence-electron chi connectivity index (χ4n) is 5.50. The topological polar surface area (TPSA) is 57.6 Å². The minimum absolute atomic E-state index is 0.00240. The predicted molar refractivity (Wildman–Crippen MR) is 120 cm³/mol. The van der Waals surface area contributed by atoms with Crippen molar-refractivity contribution in [2.75, 3.05) is 13.6 Å². The molecule has 1 N–H and O–H groups in total. The Labute approximate surface area is 179 Å². The van der Waals surface area contributed by atoms with Gasteiger partial charge in [-0.3, -0.25) is 9.69 Å². The van der Waals surface area contributed by atoms with E-state index in [0.29, 0.717) is 18.5 Å². The van der Waals surface area contributed by atoms with Crippen molar-refractivity contribution in [3.8, 4) is 0 Å². The standard InChI is InChI=1S/C24H34N4O2/c1-14(2)25-24(30)28(15(3)4)23(29)17-10-19-18-8-7-9-20-22(18)16(12-26(20)5)11-21(19)27(6)13-17/h7-9,12,14-15,17,19,21H,10-11,13H2,1-6H3,(H,25,30)/t17?,19?,21-/m1/s1. The summed E-state index contributed by atoms with van der Waals surface area (Å²) in [5, 5.41) is 4.26. The number of benzene rings is 1. The van der Waals surface area contributed by atoms with Crippen LogP contribution in [0, 0.1) is 5.92 Å². The molecule has 2 aromatic rings. The van der Waals surface area contributed by atoms with Crippen LogP contribution in [0.3, 0.4) is 0 Å². The molecule has 1 saturated heterocycles. The maximum Gasteiger partial charge on any atom is 0.324 e. The van der Waals surface area contributed by atoms with Gasteiger partial charge in [-0.1, -0.05) is 12.1 Å². The predicted octanol–water partition coefficient (Wildman–Crippen LogP) is 3.49. The van der Waals surface area contributed by atoms with Crippen LogP contribution in [-0.4, -0.2) is 58.0 Å². The lowest BCUT2D eigenvalue weighted by Gasteiger charge is -2.46. The second-order valence-corrected chi connectivity index (χ2v) is 9.66. The van der Waals surface area contributed by atoms with Crippen LogP contribution in [0.1, 0.15) is 51.2 Å². The van der Waals surface area contributed by atoms with Crippen LogP contribution in [0.4, 0.5) is 4.79 Å². The molecule has 0 radical (unpaired) electrons. The summed E-state index contributed by atoms with van der Waals surface area (Å²) in [7, 11) is 4.23. The Bertz CT molecular complexity index is 977. The maximum absolute atomic E-state index is 13.5. The molecule has 0 bridgehead atoms. The van der Waals surface area contributed by atoms with Crippen molar-refractivity contribution < 1.29 is 9.59 Å². The summed E-state index contributed by atoms with van der Waals surface area (Å²) in [5.74, 6) is 0.0648. The third-order valence-corrected chi connectivity index (χ3v) is 6.77. The molecule has 2 heterocycles. The molecule has 0 saturated carbocycles. The van der Waals surface area contributed by atoms with Gasteiger partial charge < -0.3 is 14.8 Å². The second-order valence-electron chi connectivity index (χ2n) is 9.66. The number of hydrogen-bond donors (Lipinski definition) is 1. The summed E-state index contributed by atoms with van der Waals surface area (Å²) in [4.78, 5) is 30.0. The molecule has 3 atom stereocenters. The van der Waals surface area contributed by atoms with E-state index in [1.54, 1.807) is 0 Å². The minimum Gasteiger partial charge on any atom is -0.350 e. The van der Waals surface area contributed by atoms with Crippen molar-refractivity contribution in [2.45, 2.75) is 64.6 Å². The van der Waals surface area contributed by atoms with Crippen LogP contribution in [0.5, 0.6) is 0 Å². The van der Waals surface area contributed by atoms with Crippen LogP contribution >= 0.6 is 0 Å². The SMILES string of the molecule is CC(C)NC(=O)N(C(=O)C1CC2c3cccc4c3c(cn4C)C[C@H]2N(C)C1)C(C)C. The average molecular weight is 411 g/mol. The molecule has 2 aliphatic rings. The van der Waals surface area contributed by atoms with Gasteiger partial charge in [0.25, 0.3) is 0 Å². The van der Waals surface area contributed by atoms with Gasteiger partial charge in [-0.15, -0.1) is 0 Å². The van der Waals surface area contributed by atoms with Crippen LogP contribution in [-0.2, 0) is 18.3 Å². The van der Waals surface area contributed by atoms with Crippen molar-refractivity contribution in [3.63, 3.8) is 0 Å². The number of hydrogen-bond acceptors (Lipinski definition) is 3. The van der Waals surface area contributed by atoms with Crippen LogP contribution < -0.4 is 5.32 Å². The number of aryl methyl sites for hydroxylation is 1. The van der Waals surface area contributed by atoms with E-state index in [2.05, 4.69) is 53.3 Å². The molecule has 3 amide bonds. The highest BCUT2D eigenvalue weighted by Gasteiger charge is 2.43. The van der Waals surface area contributed by atoms with Gasteiger partial charge in [0, 0.05) is 54.7 Å². The van der Waals surface area contributed by atoms with Crippen molar-refractivity contribution in [3.05, 3.63) is 35.5 Å². The molecular weight excluding hydrogens is 376 g/mol. The van der Waals surface area contributed by atoms with E-state index in [1.165, 1.54) is 26.9 Å². The number of amides is 3. The third-order valence-electron chi connectivity index (χ3n) is 6.77. The second kappa shape index (κ2) is 7.73. The van der Waals surface area contributed by atoms with E-state index < -0.39 is 0 Å². The molecule has 1 aliphatic carbocycles. The lowest BCUT2D eigenvalue weighted by Crippen LogP contribution is -2.56. The Morgan fingerprint density at radius 1 is 1.17 bits per heavy atom. The number of piperidine rings is 1. The van der Waals surface area contributed by atoms with Gasteiger partial charge in [-0.25, -0.2) is 4.79 Å². The van der Waals surface area contributed by atoms with E-state index >= 15 is 0 Å². The maximum atomic E-state index is 13.5. The first kappa shape index (κ1) is 20.9. The monoisotopic (exact) mass is 410 g/mol. The number of fused-ring (bicyclic) bond motifs is 2. The summed E-state index contributed by atoms with van der Waals surface area (Å²) in [6.45, 7) is 8.34. The first-order valence-corrected chi connectivity index (χ1v) is 11.1. The third kappa shape index (κ3) is 3.41. The number of rotatable bonds is 3. The lowest BCUT2D eigenvalue weighted by molar-refractivity contribution is -0.136. The normalized spacial score (nSPS) is 23.7. The van der Waals surface area contributed by atoms with E-state index in [-0.39, 0.29) is 29.9 Å². The van der Waals surface area contributed by atoms with Crippen molar-refractivity contribution in [2.24, 2.45) is 13.0 Å². The van der Waals surface area contributed by atoms with Gasteiger partial charge >= 0.3 is 6.03 Å². The van der Waals surface area contributed by atoms with Crippen LogP contribution in [0.2, 0.25) is 0 Å². The first-order chi connectivity index (χ1) is 14.2. The fourth-order valence-corrected chi connectivity index (χ4v) is 5.50. The van der Waals surface area contributed by atoms with Crippen molar-refractivity contribution in [1.29, 1.82) is 0 Å². The van der Waals surface area contributed by atoms with E-state index in [4.69, 9.17) is 0 Å². The zero-order chi connectivity index (χ0) is 21.7. The molecule has 0 spiro atoms. The minimum atomic E-state index is -0.286. The average Bonchev–Trinajstić information content (AvgIpc) is 2.98. The van der Waals surface area contributed by atoms with Gasteiger partial charge in [0.2, 0.25) is 5.91 Å². The van der Waals surface area contributed by atoms with Crippen molar-refractivity contribution in [1.82, 2.24) is 19.7 Å². The molecule has 162 valence electrons. The quantitative estimate of drug-likeness (QED) is 0.843. The molecular formula is C24H34N4O2. The number of urea groups is 1. The first-order valence-electron chi connectivity index (χ1n) is 11.1. The highest BCUT2D eigenvalue weighted by Crippen LogP contribution is 2.45. The molecule has 1 aliphatic heterocycles. The molecule has 2 unspecified atom stereocenters. The van der Waals surface area contributed by atoms with E-state index in [0.717, 1.165) is 12.8 Å². The summed E-state index contributed by atoms with van der Waals surface area (Å²) in [5.41, 5.74) is 4.02. The number of nitrogens with zero attached hydrogens (tertiary/aromatic N) is 3. The lowest BCUT2D eigenvalue weighted by atomic mass is 9.72. The Morgan fingerprint density at radius 3 is 2.57 bits per heavy atom. The molecule has 1 fully saturated rings. The number of nitrogens with one attached hydrogen (secondary N) is 1. The Morgan fingerprint density at radius 2 is 1.90 bits per heavy atom. The molecule has 4 rings (SSSR count). The summed E-state index contributed by atoms with van der Waals surface area (Å²) in [6.07, 6.45) is 4.06. The molecule has 6 heteroatoms. The highest BCUT2D eigenvalue weighted by atomic mass is 16.2. The Kier molecular flexibility index (Phi) is 5.39. The summed E-state index contributed by atoms with van der Waals surface area (Å²) in [6, 6.07) is 6.47. The largest absolute Gasteiger partial charge is 0.350 e. The van der Waals surface area contributed by atoms with Gasteiger partial charge in [0.1, 0.15) is 0 Å². The van der Waals surface area contributed by atoms with Crippen molar-refractivity contribution >= 4 is 22.8 Å².